The van der Waals surface area contributed by atoms with Gasteiger partial charge in [-0.15, -0.1) is 0 Å². The predicted octanol–water partition coefficient (Wildman–Crippen LogP) is 17.2. The van der Waals surface area contributed by atoms with E-state index in [1.165, 1.54) is 193 Å². The second-order valence-electron chi connectivity index (χ2n) is 17.4. The lowest BCUT2D eigenvalue weighted by Gasteiger charge is -2.18. The van der Waals surface area contributed by atoms with Gasteiger partial charge in [0.15, 0.2) is 0 Å². The zero-order chi connectivity index (χ0) is 42.1. The van der Waals surface area contributed by atoms with Gasteiger partial charge >= 0.3 is 11.9 Å². The van der Waals surface area contributed by atoms with Crippen molar-refractivity contribution in [1.29, 1.82) is 0 Å². The highest BCUT2D eigenvalue weighted by Gasteiger charge is 2.16. The second kappa shape index (κ2) is 49.7. The van der Waals surface area contributed by atoms with Crippen LogP contribution in [0.4, 0.5) is 0 Å². The molecule has 0 bridgehead atoms. The molecule has 0 aromatic rings. The summed E-state index contributed by atoms with van der Waals surface area (Å²) in [7, 11) is 0. The van der Waals surface area contributed by atoms with E-state index in [1.807, 2.05) is 0 Å². The molecule has 0 aromatic carbocycles. The molecule has 0 radical (unpaired) electrons. The van der Waals surface area contributed by atoms with E-state index in [0.717, 1.165) is 51.4 Å². The van der Waals surface area contributed by atoms with Crippen molar-refractivity contribution in [3.8, 4) is 0 Å². The first-order valence-corrected chi connectivity index (χ1v) is 25.9. The van der Waals surface area contributed by atoms with Crippen LogP contribution in [0.1, 0.15) is 278 Å². The van der Waals surface area contributed by atoms with Gasteiger partial charge in [-0.2, -0.15) is 0 Å². The van der Waals surface area contributed by atoms with Gasteiger partial charge in [-0.25, -0.2) is 0 Å². The van der Waals surface area contributed by atoms with Gasteiger partial charge in [0.1, 0.15) is 19.3 Å². The summed E-state index contributed by atoms with van der Waals surface area (Å²) >= 11 is 0. The van der Waals surface area contributed by atoms with E-state index in [-0.39, 0.29) is 25.2 Å². The Morgan fingerprint density at radius 2 is 0.621 bits per heavy atom. The minimum Gasteiger partial charge on any atom is -0.463 e. The number of carbonyl (C=O) groups excluding carboxylic acids is 2. The third-order valence-corrected chi connectivity index (χ3v) is 11.5. The van der Waals surface area contributed by atoms with Crippen molar-refractivity contribution in [3.63, 3.8) is 0 Å². The van der Waals surface area contributed by atoms with Crippen LogP contribution in [-0.2, 0) is 23.8 Å². The monoisotopic (exact) mass is 817 g/mol. The number of hydrogen-bond donors (Lipinski definition) is 0. The molecule has 0 amide bonds. The number of ether oxygens (including phenoxy) is 3. The molecule has 0 spiro atoms. The van der Waals surface area contributed by atoms with Crippen LogP contribution in [0.25, 0.3) is 0 Å². The summed E-state index contributed by atoms with van der Waals surface area (Å²) < 4.78 is 17.4. The minimum absolute atomic E-state index is 0.157. The Labute approximate surface area is 362 Å². The quantitative estimate of drug-likeness (QED) is 0.0348. The van der Waals surface area contributed by atoms with Gasteiger partial charge in [-0.1, -0.05) is 225 Å². The minimum atomic E-state index is -0.398. The van der Waals surface area contributed by atoms with Crippen LogP contribution in [0, 0.1) is 0 Å². The molecule has 0 heterocycles. The van der Waals surface area contributed by atoms with Crippen molar-refractivity contribution in [2.24, 2.45) is 0 Å². The first-order valence-electron chi connectivity index (χ1n) is 25.9. The number of carbonyl (C=O) groups is 2. The van der Waals surface area contributed by atoms with Crippen LogP contribution in [-0.4, -0.2) is 37.9 Å². The number of esters is 2. The zero-order valence-corrected chi connectivity index (χ0v) is 39.3. The number of allylic oxidation sites excluding steroid dienone is 4. The van der Waals surface area contributed by atoms with E-state index in [9.17, 15) is 9.59 Å². The standard InChI is InChI=1S/C53H100O5/c1-4-7-10-13-16-19-22-24-26-28-30-33-36-39-42-45-48-56-51(49-57-52(54)46-43-40-37-34-31-21-18-15-12-9-6-3)50-58-53(55)47-44-41-38-35-32-29-27-25-23-20-17-14-11-8-5-2/h15,18,20,23,51H,4-14,16-17,19,21-22,24-50H2,1-3H3/b18-15-,23-20-/t51-/m0/s1. The highest BCUT2D eigenvalue weighted by atomic mass is 16.6. The Kier molecular flexibility index (Phi) is 48.4. The summed E-state index contributed by atoms with van der Waals surface area (Å²) in [5, 5.41) is 0. The molecule has 0 N–H and O–H groups in total. The maximum atomic E-state index is 12.6. The number of unbranched alkanes of at least 4 members (excludes halogenated alkanes) is 33. The molecule has 0 aliphatic carbocycles. The summed E-state index contributed by atoms with van der Waals surface area (Å²) in [5.41, 5.74) is 0. The molecule has 0 saturated heterocycles. The van der Waals surface area contributed by atoms with Gasteiger partial charge in [-0.3, -0.25) is 9.59 Å². The molecule has 58 heavy (non-hydrogen) atoms. The van der Waals surface area contributed by atoms with Gasteiger partial charge in [0.2, 0.25) is 0 Å². The Balaban J connectivity index is 4.21. The molecule has 0 aliphatic rings. The van der Waals surface area contributed by atoms with Gasteiger partial charge in [0, 0.05) is 19.4 Å². The molecular formula is C53H100O5. The van der Waals surface area contributed by atoms with Crippen molar-refractivity contribution in [2.75, 3.05) is 19.8 Å². The Morgan fingerprint density at radius 3 is 0.983 bits per heavy atom. The van der Waals surface area contributed by atoms with Crippen LogP contribution < -0.4 is 0 Å². The van der Waals surface area contributed by atoms with E-state index in [0.29, 0.717) is 19.4 Å². The maximum absolute atomic E-state index is 12.6. The summed E-state index contributed by atoms with van der Waals surface area (Å²) in [5.74, 6) is -0.337. The van der Waals surface area contributed by atoms with Gasteiger partial charge in [-0.05, 0) is 64.2 Å². The fourth-order valence-corrected chi connectivity index (χ4v) is 7.52. The van der Waals surface area contributed by atoms with Crippen LogP contribution in [0.2, 0.25) is 0 Å². The summed E-state index contributed by atoms with van der Waals surface area (Å²) in [6, 6.07) is 0. The van der Waals surface area contributed by atoms with Crippen molar-refractivity contribution in [3.05, 3.63) is 24.3 Å². The van der Waals surface area contributed by atoms with Crippen molar-refractivity contribution < 1.29 is 23.8 Å². The largest absolute Gasteiger partial charge is 0.463 e. The smallest absolute Gasteiger partial charge is 0.305 e. The Hall–Kier alpha value is -1.62. The lowest BCUT2D eigenvalue weighted by atomic mass is 10.0. The molecule has 0 fully saturated rings. The number of rotatable bonds is 48. The first-order chi connectivity index (χ1) is 28.6. The summed E-state index contributed by atoms with van der Waals surface area (Å²) in [6.07, 6.45) is 57.7. The summed E-state index contributed by atoms with van der Waals surface area (Å²) in [4.78, 5) is 25.1. The average Bonchev–Trinajstić information content (AvgIpc) is 3.23. The molecule has 0 rings (SSSR count). The first kappa shape index (κ1) is 56.4. The highest BCUT2D eigenvalue weighted by molar-refractivity contribution is 5.69. The highest BCUT2D eigenvalue weighted by Crippen LogP contribution is 2.15. The Bertz CT molecular complexity index is 882. The van der Waals surface area contributed by atoms with E-state index in [1.54, 1.807) is 0 Å². The third kappa shape index (κ3) is 47.1. The molecule has 342 valence electrons. The Morgan fingerprint density at radius 1 is 0.345 bits per heavy atom. The molecule has 0 unspecified atom stereocenters. The maximum Gasteiger partial charge on any atom is 0.305 e. The SMILES string of the molecule is CCCC/C=C\CCCCCCCC(=O)OC[C@@H](COC(=O)CCCCCCCCC/C=C\CCCCCC)OCCCCCCCCCCCCCCCCCC. The van der Waals surface area contributed by atoms with Gasteiger partial charge in [0.25, 0.3) is 0 Å². The van der Waals surface area contributed by atoms with Crippen LogP contribution in [0.5, 0.6) is 0 Å². The van der Waals surface area contributed by atoms with Gasteiger partial charge < -0.3 is 14.2 Å². The summed E-state index contributed by atoms with van der Waals surface area (Å²) in [6.45, 7) is 7.71. The molecule has 5 heteroatoms. The van der Waals surface area contributed by atoms with Crippen molar-refractivity contribution in [1.82, 2.24) is 0 Å². The molecule has 0 aliphatic heterocycles. The molecule has 0 aromatic heterocycles. The lowest BCUT2D eigenvalue weighted by molar-refractivity contribution is -0.155. The normalized spacial score (nSPS) is 12.3. The van der Waals surface area contributed by atoms with Crippen molar-refractivity contribution in [2.45, 2.75) is 284 Å². The van der Waals surface area contributed by atoms with E-state index in [2.05, 4.69) is 45.1 Å². The molecular weight excluding hydrogens is 717 g/mol. The van der Waals surface area contributed by atoms with Crippen LogP contribution in [0.15, 0.2) is 24.3 Å². The third-order valence-electron chi connectivity index (χ3n) is 11.5. The lowest BCUT2D eigenvalue weighted by Crippen LogP contribution is -2.29. The van der Waals surface area contributed by atoms with Crippen LogP contribution in [0.3, 0.4) is 0 Å². The predicted molar refractivity (Wildman–Crippen MR) is 252 cm³/mol. The van der Waals surface area contributed by atoms with Crippen LogP contribution >= 0.6 is 0 Å². The van der Waals surface area contributed by atoms with E-state index < -0.39 is 6.10 Å². The van der Waals surface area contributed by atoms with E-state index >= 15 is 0 Å². The fraction of sp³-hybridized carbons (Fsp3) is 0.887. The fourth-order valence-electron chi connectivity index (χ4n) is 7.52. The number of hydrogen-bond acceptors (Lipinski definition) is 5. The average molecular weight is 817 g/mol. The topological polar surface area (TPSA) is 61.8 Å². The molecule has 5 nitrogen and oxygen atoms in total. The molecule has 1 atom stereocenters. The molecule has 0 saturated carbocycles. The zero-order valence-electron chi connectivity index (χ0n) is 39.3. The van der Waals surface area contributed by atoms with E-state index in [4.69, 9.17) is 14.2 Å². The van der Waals surface area contributed by atoms with Crippen molar-refractivity contribution >= 4 is 11.9 Å². The van der Waals surface area contributed by atoms with Gasteiger partial charge in [0.05, 0.1) is 0 Å². The second-order valence-corrected chi connectivity index (χ2v) is 17.4.